The number of ketones is 1. The number of piperidine rings is 1. The quantitative estimate of drug-likeness (QED) is 0.480. The average molecular weight is 548 g/mol. The molecule has 2 aromatic carbocycles. The number of benzene rings is 2. The number of carbonyl (C=O) groups is 3. The topological polar surface area (TPSA) is 123 Å². The van der Waals surface area contributed by atoms with E-state index in [1.165, 1.54) is 6.92 Å². The van der Waals surface area contributed by atoms with Crippen LogP contribution in [0, 0.1) is 0 Å². The van der Waals surface area contributed by atoms with E-state index in [1.54, 1.807) is 36.4 Å². The van der Waals surface area contributed by atoms with Crippen molar-refractivity contribution in [1.82, 2.24) is 4.90 Å². The number of esters is 2. The van der Waals surface area contributed by atoms with Crippen molar-refractivity contribution in [2.45, 2.75) is 74.9 Å². The lowest BCUT2D eigenvalue weighted by molar-refractivity contribution is -0.169. The minimum atomic E-state index is -1.13. The Kier molecular flexibility index (Phi) is 6.56. The van der Waals surface area contributed by atoms with Crippen LogP contribution >= 0.6 is 0 Å². The first-order valence-electron chi connectivity index (χ1n) is 13.7. The van der Waals surface area contributed by atoms with Crippen molar-refractivity contribution in [1.29, 1.82) is 0 Å². The van der Waals surface area contributed by atoms with Gasteiger partial charge in [-0.1, -0.05) is 42.5 Å². The number of likely N-dealkylation sites (N-methyl/N-ethyl adjacent to an activating group) is 1. The predicted molar refractivity (Wildman–Crippen MR) is 142 cm³/mol. The molecule has 0 amide bonds. The summed E-state index contributed by atoms with van der Waals surface area (Å²) in [6.07, 6.45) is 0.998. The summed E-state index contributed by atoms with van der Waals surface area (Å²) < 4.78 is 17.6. The highest BCUT2D eigenvalue weighted by Gasteiger charge is 2.71. The maximum atomic E-state index is 13.0. The first-order valence-corrected chi connectivity index (χ1v) is 13.7. The highest BCUT2D eigenvalue weighted by Crippen LogP contribution is 2.64. The molecule has 4 aliphatic rings. The van der Waals surface area contributed by atoms with Crippen LogP contribution in [0.4, 0.5) is 0 Å². The van der Waals surface area contributed by atoms with Crippen molar-refractivity contribution in [3.8, 4) is 5.75 Å². The van der Waals surface area contributed by atoms with Crippen LogP contribution in [0.5, 0.6) is 5.75 Å². The van der Waals surface area contributed by atoms with E-state index in [0.29, 0.717) is 35.5 Å². The minimum absolute atomic E-state index is 0.132. The highest BCUT2D eigenvalue weighted by atomic mass is 16.6. The molecule has 1 spiro atoms. The largest absolute Gasteiger partial charge is 0.481 e. The Morgan fingerprint density at radius 1 is 1.12 bits per heavy atom. The lowest BCUT2D eigenvalue weighted by Gasteiger charge is -2.61. The van der Waals surface area contributed by atoms with Crippen LogP contribution in [0.1, 0.15) is 61.0 Å². The van der Waals surface area contributed by atoms with Crippen LogP contribution in [0.3, 0.4) is 0 Å². The van der Waals surface area contributed by atoms with E-state index < -0.39 is 35.2 Å². The monoisotopic (exact) mass is 547 g/mol. The van der Waals surface area contributed by atoms with Gasteiger partial charge in [0.15, 0.2) is 18.0 Å². The molecule has 9 nitrogen and oxygen atoms in total. The van der Waals surface area contributed by atoms with E-state index in [0.717, 1.165) is 17.7 Å². The molecule has 2 bridgehead atoms. The number of Topliss-reactive ketones (excluding diaryl/α,β-unsaturated/α-hetero) is 1. The molecule has 5 atom stereocenters. The van der Waals surface area contributed by atoms with E-state index in [2.05, 4.69) is 4.90 Å². The molecule has 2 aromatic rings. The predicted octanol–water partition coefficient (Wildman–Crippen LogP) is 2.65. The van der Waals surface area contributed by atoms with E-state index in [-0.39, 0.29) is 37.7 Å². The van der Waals surface area contributed by atoms with Crippen molar-refractivity contribution in [2.24, 2.45) is 0 Å². The van der Waals surface area contributed by atoms with Gasteiger partial charge >= 0.3 is 11.9 Å². The maximum absolute atomic E-state index is 13.0. The Bertz CT molecular complexity index is 1400. The van der Waals surface area contributed by atoms with E-state index in [1.807, 2.05) is 19.2 Å². The fourth-order valence-corrected chi connectivity index (χ4v) is 7.22. The third kappa shape index (κ3) is 3.90. The van der Waals surface area contributed by atoms with Gasteiger partial charge in [0.05, 0.1) is 30.5 Å². The summed E-state index contributed by atoms with van der Waals surface area (Å²) >= 11 is 0. The van der Waals surface area contributed by atoms with E-state index in [4.69, 9.17) is 14.2 Å². The molecule has 2 aliphatic heterocycles. The molecule has 2 aliphatic carbocycles. The van der Waals surface area contributed by atoms with Crippen LogP contribution < -0.4 is 4.74 Å². The number of ether oxygens (including phenoxy) is 3. The molecule has 9 heteroatoms. The maximum Gasteiger partial charge on any atom is 0.311 e. The number of likely N-dealkylation sites (tertiary alicyclic amines) is 1. The van der Waals surface area contributed by atoms with Gasteiger partial charge < -0.3 is 29.3 Å². The summed E-state index contributed by atoms with van der Waals surface area (Å²) in [4.78, 5) is 39.8. The molecule has 0 unspecified atom stereocenters. The average Bonchev–Trinajstić information content (AvgIpc) is 3.30. The van der Waals surface area contributed by atoms with Crippen LogP contribution in [0.2, 0.25) is 0 Å². The summed E-state index contributed by atoms with van der Waals surface area (Å²) in [6, 6.07) is 12.4. The van der Waals surface area contributed by atoms with Crippen LogP contribution in [0.25, 0.3) is 0 Å². The van der Waals surface area contributed by atoms with Crippen LogP contribution in [0.15, 0.2) is 54.3 Å². The molecule has 210 valence electrons. The Hall–Kier alpha value is -3.53. The van der Waals surface area contributed by atoms with Gasteiger partial charge in [-0.25, -0.2) is 0 Å². The van der Waals surface area contributed by atoms with Gasteiger partial charge in [0.25, 0.3) is 0 Å². The highest BCUT2D eigenvalue weighted by molar-refractivity contribution is 5.85. The van der Waals surface area contributed by atoms with Crippen molar-refractivity contribution in [3.05, 3.63) is 76.6 Å². The number of hydrogen-bond donors (Lipinski definition) is 2. The number of carbonyl (C=O) groups excluding carboxylic acids is 3. The lowest BCUT2D eigenvalue weighted by Crippen LogP contribution is -2.74. The van der Waals surface area contributed by atoms with E-state index in [9.17, 15) is 24.6 Å². The molecule has 40 heavy (non-hydrogen) atoms. The Morgan fingerprint density at radius 3 is 2.60 bits per heavy atom. The fourth-order valence-electron chi connectivity index (χ4n) is 7.22. The van der Waals surface area contributed by atoms with Crippen molar-refractivity contribution < 1.29 is 38.8 Å². The zero-order valence-electron chi connectivity index (χ0n) is 22.6. The second kappa shape index (κ2) is 9.83. The second-order valence-electron chi connectivity index (χ2n) is 11.3. The van der Waals surface area contributed by atoms with E-state index >= 15 is 0 Å². The molecular weight excluding hydrogens is 514 g/mol. The summed E-state index contributed by atoms with van der Waals surface area (Å²) in [5, 5.41) is 22.3. The Morgan fingerprint density at radius 2 is 1.88 bits per heavy atom. The van der Waals surface area contributed by atoms with Gasteiger partial charge in [-0.15, -0.1) is 0 Å². The summed E-state index contributed by atoms with van der Waals surface area (Å²) in [6.45, 7) is 1.88. The molecule has 0 radical (unpaired) electrons. The van der Waals surface area contributed by atoms with Crippen LogP contribution in [-0.4, -0.2) is 64.2 Å². The number of aliphatic hydroxyl groups excluding tert-OH is 1. The van der Waals surface area contributed by atoms with Crippen LogP contribution in [-0.2, 0) is 42.3 Å². The SMILES string of the molecule is CC(=O)[C@@H](OC(=O)CCC(=O)OC1=CC[C@@]2(O)[C@H]3Cc4ccc(CO)c5c4[C@@]2(CCN3C)[C@H]1O5)c1ccccc1. The molecule has 2 heterocycles. The molecule has 6 rings (SSSR count). The number of nitrogens with zero attached hydrogens (tertiary/aromatic N) is 1. The van der Waals surface area contributed by atoms with Gasteiger partial charge in [-0.2, -0.15) is 0 Å². The summed E-state index contributed by atoms with van der Waals surface area (Å²) in [5.74, 6) is -0.754. The molecule has 2 N–H and O–H groups in total. The minimum Gasteiger partial charge on any atom is -0.481 e. The Labute approximate surface area is 232 Å². The standard InChI is InChI=1S/C31H33NO8/c1-18(34)27(19-6-4-3-5-7-19)39-25(36)11-10-24(35)38-22-12-13-31(37)23-16-20-8-9-21(17-33)28-26(20)30(31,29(22)40-28)14-15-32(23)2/h3-9,12,23,27,29,33,37H,10-11,13-17H2,1-2H3/t23-,27-,29+,30+,31-/m1/s1. The fraction of sp³-hybridized carbons (Fsp3) is 0.452. The molecule has 0 saturated carbocycles. The smallest absolute Gasteiger partial charge is 0.311 e. The Balaban J connectivity index is 1.20. The van der Waals surface area contributed by atoms with Gasteiger partial charge in [-0.05, 0) is 50.6 Å². The van der Waals surface area contributed by atoms with Crippen molar-refractivity contribution in [2.75, 3.05) is 13.6 Å². The number of rotatable bonds is 8. The van der Waals surface area contributed by atoms with Gasteiger partial charge in [0.1, 0.15) is 11.5 Å². The van der Waals surface area contributed by atoms with Gasteiger partial charge in [-0.3, -0.25) is 14.4 Å². The molecule has 1 saturated heterocycles. The third-order valence-corrected chi connectivity index (χ3v) is 9.11. The number of hydrogen-bond acceptors (Lipinski definition) is 9. The summed E-state index contributed by atoms with van der Waals surface area (Å²) in [5.41, 5.74) is 1.24. The number of aliphatic hydroxyl groups is 2. The first kappa shape index (κ1) is 26.7. The zero-order valence-corrected chi connectivity index (χ0v) is 22.6. The van der Waals surface area contributed by atoms with Crippen molar-refractivity contribution >= 4 is 17.7 Å². The normalized spacial score (nSPS) is 28.6. The molecule has 1 fully saturated rings. The second-order valence-corrected chi connectivity index (χ2v) is 11.3. The lowest BCUT2D eigenvalue weighted by atomic mass is 9.50. The molecular formula is C31H33NO8. The molecule has 0 aromatic heterocycles. The third-order valence-electron chi connectivity index (χ3n) is 9.11. The van der Waals surface area contributed by atoms with Gasteiger partial charge in [0, 0.05) is 23.6 Å². The summed E-state index contributed by atoms with van der Waals surface area (Å²) in [7, 11) is 2.01. The van der Waals surface area contributed by atoms with Crippen molar-refractivity contribution in [3.63, 3.8) is 0 Å². The zero-order chi connectivity index (χ0) is 28.2. The van der Waals surface area contributed by atoms with Gasteiger partial charge in [0.2, 0.25) is 0 Å². The first-order chi connectivity index (χ1) is 19.2.